The van der Waals surface area contributed by atoms with Crippen LogP contribution in [0.3, 0.4) is 0 Å². The van der Waals surface area contributed by atoms with Crippen molar-refractivity contribution >= 4 is 79.0 Å². The minimum Gasteiger partial charge on any atom is -0.314 e. The van der Waals surface area contributed by atoms with Crippen molar-refractivity contribution in [3.63, 3.8) is 0 Å². The number of fused-ring (bicyclic) bond motifs is 4. The monoisotopic (exact) mass is 762 g/mol. The van der Waals surface area contributed by atoms with Crippen molar-refractivity contribution in [2.24, 2.45) is 0 Å². The number of nitrogens with zero attached hydrogens (tertiary/aromatic N) is 4. The SMILES string of the molecule is CCc1cc2c3c(c1)-n1c(C(C)C)cc4c(N(c5ccccc5)c5ccccc5)ccc(c41)B3c1ccc(N(c3ccccc3)c3ccccc3)c3cc(C(C)C)n-2c13. The summed E-state index contributed by atoms with van der Waals surface area (Å²) in [5.41, 5.74) is 20.4. The van der Waals surface area contributed by atoms with E-state index in [2.05, 4.69) is 223 Å². The first-order valence-corrected chi connectivity index (χ1v) is 21.3. The van der Waals surface area contributed by atoms with E-state index in [9.17, 15) is 0 Å². The summed E-state index contributed by atoms with van der Waals surface area (Å²) < 4.78 is 5.28. The van der Waals surface area contributed by atoms with Gasteiger partial charge in [0.1, 0.15) is 0 Å². The number of anilines is 6. The smallest absolute Gasteiger partial charge is 0.252 e. The van der Waals surface area contributed by atoms with E-state index in [4.69, 9.17) is 0 Å². The molecule has 0 spiro atoms. The topological polar surface area (TPSA) is 16.3 Å². The Morgan fingerprint density at radius 3 is 1.14 bits per heavy atom. The van der Waals surface area contributed by atoms with E-state index in [1.807, 2.05) is 0 Å². The van der Waals surface area contributed by atoms with Gasteiger partial charge in [-0.15, -0.1) is 0 Å². The Labute approximate surface area is 347 Å². The zero-order valence-corrected chi connectivity index (χ0v) is 34.4. The molecular weight excluding hydrogens is 715 g/mol. The van der Waals surface area contributed by atoms with Crippen LogP contribution in [0, 0.1) is 0 Å². The molecule has 0 saturated heterocycles. The predicted molar refractivity (Wildman–Crippen MR) is 252 cm³/mol. The van der Waals surface area contributed by atoms with Gasteiger partial charge >= 0.3 is 0 Å². The van der Waals surface area contributed by atoms with Crippen LogP contribution in [0.15, 0.2) is 170 Å². The van der Waals surface area contributed by atoms with Gasteiger partial charge in [0.2, 0.25) is 0 Å². The lowest BCUT2D eigenvalue weighted by atomic mass is 9.34. The Balaban J connectivity index is 1.24. The van der Waals surface area contributed by atoms with E-state index >= 15 is 0 Å². The number of hydrogen-bond acceptors (Lipinski definition) is 2. The fourth-order valence-electron chi connectivity index (χ4n) is 10.1. The number of aromatic nitrogens is 2. The Morgan fingerprint density at radius 1 is 0.458 bits per heavy atom. The van der Waals surface area contributed by atoms with Gasteiger partial charge in [-0.2, -0.15) is 0 Å². The summed E-state index contributed by atoms with van der Waals surface area (Å²) in [5, 5.41) is 2.56. The maximum Gasteiger partial charge on any atom is 0.252 e. The van der Waals surface area contributed by atoms with E-state index in [-0.39, 0.29) is 6.71 Å². The van der Waals surface area contributed by atoms with Crippen molar-refractivity contribution < 1.29 is 0 Å². The van der Waals surface area contributed by atoms with Crippen LogP contribution in [0.25, 0.3) is 33.2 Å². The fraction of sp³-hybridized carbons (Fsp3) is 0.148. The molecule has 0 saturated carbocycles. The first-order chi connectivity index (χ1) is 28.9. The molecule has 0 radical (unpaired) electrons. The summed E-state index contributed by atoms with van der Waals surface area (Å²) in [5.74, 6) is 0.625. The molecule has 0 amide bonds. The van der Waals surface area contributed by atoms with Gasteiger partial charge in [-0.05, 0) is 125 Å². The molecule has 0 atom stereocenters. The predicted octanol–water partition coefficient (Wildman–Crippen LogP) is 12.5. The minimum atomic E-state index is 0.0626. The third kappa shape index (κ3) is 5.30. The zero-order chi connectivity index (χ0) is 39.9. The Hall–Kier alpha value is -6.72. The van der Waals surface area contributed by atoms with Gasteiger partial charge in [0.05, 0.1) is 22.4 Å². The van der Waals surface area contributed by atoms with Crippen LogP contribution in [0.1, 0.15) is 63.4 Å². The molecule has 11 rings (SSSR count). The van der Waals surface area contributed by atoms with E-state index in [1.54, 1.807) is 0 Å². The van der Waals surface area contributed by atoms with Gasteiger partial charge in [0, 0.05) is 56.3 Å². The average molecular weight is 763 g/mol. The van der Waals surface area contributed by atoms with E-state index in [0.29, 0.717) is 11.8 Å². The molecule has 2 aromatic heterocycles. The van der Waals surface area contributed by atoms with Gasteiger partial charge in [-0.25, -0.2) is 0 Å². The number of benzene rings is 7. The maximum atomic E-state index is 2.64. The highest BCUT2D eigenvalue weighted by atomic mass is 15.2. The summed E-state index contributed by atoms with van der Waals surface area (Å²) >= 11 is 0. The molecule has 0 bridgehead atoms. The highest BCUT2D eigenvalue weighted by Crippen LogP contribution is 2.46. The van der Waals surface area contributed by atoms with Crippen LogP contribution in [-0.4, -0.2) is 15.8 Å². The lowest BCUT2D eigenvalue weighted by Gasteiger charge is -2.36. The third-order valence-electron chi connectivity index (χ3n) is 12.7. The molecule has 2 aliphatic heterocycles. The van der Waals surface area contributed by atoms with E-state index in [0.717, 1.165) is 29.2 Å². The fourth-order valence-corrected chi connectivity index (χ4v) is 10.1. The lowest BCUT2D eigenvalue weighted by molar-refractivity contribution is 0.790. The maximum absolute atomic E-state index is 2.64. The summed E-state index contributed by atoms with van der Waals surface area (Å²) in [7, 11) is 0. The molecule has 286 valence electrons. The molecule has 59 heavy (non-hydrogen) atoms. The van der Waals surface area contributed by atoms with Crippen molar-refractivity contribution in [2.45, 2.75) is 52.9 Å². The van der Waals surface area contributed by atoms with Gasteiger partial charge < -0.3 is 18.9 Å². The quantitative estimate of drug-likeness (QED) is 0.136. The first kappa shape index (κ1) is 35.4. The van der Waals surface area contributed by atoms with Crippen molar-refractivity contribution in [3.05, 3.63) is 187 Å². The van der Waals surface area contributed by atoms with Gasteiger partial charge in [-0.3, -0.25) is 0 Å². The van der Waals surface area contributed by atoms with Crippen LogP contribution in [0.4, 0.5) is 34.1 Å². The van der Waals surface area contributed by atoms with E-state index in [1.165, 1.54) is 77.9 Å². The lowest BCUT2D eigenvalue weighted by Crippen LogP contribution is -2.59. The highest BCUT2D eigenvalue weighted by molar-refractivity contribution is 7.00. The van der Waals surface area contributed by atoms with Crippen LogP contribution >= 0.6 is 0 Å². The summed E-state index contributed by atoms with van der Waals surface area (Å²) in [6.07, 6.45) is 0.958. The van der Waals surface area contributed by atoms with Gasteiger partial charge in [-0.1, -0.05) is 120 Å². The van der Waals surface area contributed by atoms with Crippen molar-refractivity contribution in [1.82, 2.24) is 9.13 Å². The van der Waals surface area contributed by atoms with Crippen molar-refractivity contribution in [2.75, 3.05) is 9.80 Å². The molecule has 4 nitrogen and oxygen atoms in total. The number of hydrogen-bond donors (Lipinski definition) is 0. The number of rotatable bonds is 9. The molecule has 0 fully saturated rings. The Morgan fingerprint density at radius 2 is 0.814 bits per heavy atom. The summed E-state index contributed by atoms with van der Waals surface area (Å²) in [4.78, 5) is 4.87. The first-order valence-electron chi connectivity index (χ1n) is 21.3. The second kappa shape index (κ2) is 13.7. The highest BCUT2D eigenvalue weighted by Gasteiger charge is 2.42. The molecule has 0 N–H and O–H groups in total. The Bertz CT molecular complexity index is 2750. The molecule has 7 aromatic carbocycles. The minimum absolute atomic E-state index is 0.0626. The zero-order valence-electron chi connectivity index (χ0n) is 34.4. The molecule has 5 heteroatoms. The second-order valence-electron chi connectivity index (χ2n) is 16.8. The number of para-hydroxylation sites is 4. The third-order valence-corrected chi connectivity index (χ3v) is 12.7. The second-order valence-corrected chi connectivity index (χ2v) is 16.8. The molecule has 0 aliphatic carbocycles. The van der Waals surface area contributed by atoms with Crippen molar-refractivity contribution in [1.29, 1.82) is 0 Å². The normalized spacial score (nSPS) is 12.5. The standard InChI is InChI=1S/C54H47BN4/c1-6-37-31-50-52-51(32-37)59-49(36(4)5)34-43-47(57(40-23-15-9-16-24-40)41-25-17-10-18-26-41)30-28-45(54(43)59)55(52)44-27-29-46(42-33-48(35(2)3)58(50)53(42)44)56(38-19-11-7-12-20-38)39-21-13-8-14-22-39/h7-36H,6H2,1-5H3. The average Bonchev–Trinajstić information content (AvgIpc) is 3.89. The summed E-state index contributed by atoms with van der Waals surface area (Å²) in [6, 6.07) is 63.0. The van der Waals surface area contributed by atoms with Crippen LogP contribution in [0.2, 0.25) is 0 Å². The molecule has 9 aromatic rings. The molecule has 2 aliphatic rings. The summed E-state index contributed by atoms with van der Waals surface area (Å²) in [6.45, 7) is 11.8. The Kier molecular flexibility index (Phi) is 8.23. The van der Waals surface area contributed by atoms with Gasteiger partial charge in [0.25, 0.3) is 6.71 Å². The molecule has 4 heterocycles. The van der Waals surface area contributed by atoms with E-state index < -0.39 is 0 Å². The van der Waals surface area contributed by atoms with Crippen LogP contribution in [-0.2, 0) is 6.42 Å². The molecule has 0 unspecified atom stereocenters. The molecular formula is C54H47BN4. The van der Waals surface area contributed by atoms with Crippen LogP contribution in [0.5, 0.6) is 0 Å². The van der Waals surface area contributed by atoms with Crippen molar-refractivity contribution in [3.8, 4) is 11.4 Å². The van der Waals surface area contributed by atoms with Crippen LogP contribution < -0.4 is 26.2 Å². The number of aryl methyl sites for hydroxylation is 1. The van der Waals surface area contributed by atoms with Gasteiger partial charge in [0.15, 0.2) is 0 Å². The largest absolute Gasteiger partial charge is 0.314 e.